The number of benzene rings is 1. The van der Waals surface area contributed by atoms with Gasteiger partial charge in [0.2, 0.25) is 41.4 Å². The Morgan fingerprint density at radius 1 is 0.797 bits per heavy atom. The van der Waals surface area contributed by atoms with Gasteiger partial charge in [0.25, 0.3) is 0 Å². The Balaban J connectivity index is 1.54. The SMILES string of the molecule is C=C/C=C\C=C/CC[C@@H]1NC(=O)[C@H](CCC(N)=O)NC(=O)[C@H](CC)NC(=O)[C@@H]2CCCN2C(=O)[C@@H]2CCCN2C(=O)CCSCc2cccc(c2)CSCCCNC1=O. The van der Waals surface area contributed by atoms with E-state index in [1.807, 2.05) is 18.2 Å². The predicted octanol–water partition coefficient (Wildman–Crippen LogP) is 3.25. The zero-order valence-corrected chi connectivity index (χ0v) is 35.8. The number of fused-ring (bicyclic) bond motifs is 4. The lowest BCUT2D eigenvalue weighted by Crippen LogP contribution is -2.58. The van der Waals surface area contributed by atoms with Crippen LogP contribution in [0.15, 0.2) is 61.2 Å². The van der Waals surface area contributed by atoms with Crippen molar-refractivity contribution < 1.29 is 33.6 Å². The lowest BCUT2D eigenvalue weighted by molar-refractivity contribution is -0.146. The highest BCUT2D eigenvalue weighted by molar-refractivity contribution is 7.98. The van der Waals surface area contributed by atoms with Gasteiger partial charge in [0, 0.05) is 49.7 Å². The number of nitrogens with one attached hydrogen (secondary N) is 4. The van der Waals surface area contributed by atoms with Gasteiger partial charge in [0.1, 0.15) is 30.2 Å². The van der Waals surface area contributed by atoms with E-state index in [4.69, 9.17) is 5.73 Å². The Bertz CT molecular complexity index is 1710. The molecule has 14 nitrogen and oxygen atoms in total. The molecule has 0 aromatic heterocycles. The number of thioether (sulfide) groups is 2. The highest BCUT2D eigenvalue weighted by Gasteiger charge is 2.42. The average molecular weight is 852 g/mol. The van der Waals surface area contributed by atoms with Gasteiger partial charge < -0.3 is 36.8 Å². The fourth-order valence-corrected chi connectivity index (χ4v) is 9.17. The average Bonchev–Trinajstić information content (AvgIpc) is 3.93. The van der Waals surface area contributed by atoms with Crippen molar-refractivity contribution in [3.05, 3.63) is 72.4 Å². The molecule has 6 N–H and O–H groups in total. The van der Waals surface area contributed by atoms with Crippen LogP contribution < -0.4 is 27.0 Å². The van der Waals surface area contributed by atoms with Gasteiger partial charge >= 0.3 is 0 Å². The third-order valence-corrected chi connectivity index (χ3v) is 12.7. The molecule has 5 atom stereocenters. The summed E-state index contributed by atoms with van der Waals surface area (Å²) in [7, 11) is 0. The van der Waals surface area contributed by atoms with Gasteiger partial charge in [-0.3, -0.25) is 33.6 Å². The lowest BCUT2D eigenvalue weighted by Gasteiger charge is -2.32. The maximum absolute atomic E-state index is 14.0. The van der Waals surface area contributed by atoms with Crippen molar-refractivity contribution in [2.75, 3.05) is 31.1 Å². The van der Waals surface area contributed by atoms with E-state index in [2.05, 4.69) is 46.0 Å². The molecule has 0 aliphatic carbocycles. The number of hydrogen-bond acceptors (Lipinski definition) is 9. The van der Waals surface area contributed by atoms with Crippen LogP contribution in [-0.2, 0) is 45.1 Å². The molecule has 1 aromatic carbocycles. The molecule has 2 bridgehead atoms. The quantitative estimate of drug-likeness (QED) is 0.232. The molecule has 3 aliphatic rings. The molecule has 0 saturated carbocycles. The zero-order chi connectivity index (χ0) is 42.6. The Kier molecular flexibility index (Phi) is 20.1. The molecule has 4 rings (SSSR count). The summed E-state index contributed by atoms with van der Waals surface area (Å²) in [6.45, 7) is 6.60. The second-order valence-corrected chi connectivity index (χ2v) is 17.2. The number of rotatable bonds is 9. The third-order valence-electron chi connectivity index (χ3n) is 10.6. The molecule has 3 aliphatic heterocycles. The van der Waals surface area contributed by atoms with Gasteiger partial charge in [0.15, 0.2) is 0 Å². The number of hydrogen-bond donors (Lipinski definition) is 5. The Hall–Kier alpha value is -4.57. The molecule has 0 spiro atoms. The van der Waals surface area contributed by atoms with Crippen molar-refractivity contribution in [3.8, 4) is 0 Å². The van der Waals surface area contributed by atoms with E-state index in [1.54, 1.807) is 53.6 Å². The van der Waals surface area contributed by atoms with Crippen LogP contribution in [0.25, 0.3) is 0 Å². The standard InChI is InChI=1S/C43H61N7O7S2/c1-3-5-6-7-8-9-16-33-39(53)45-22-13-25-58-28-30-14-10-15-31(27-30)29-59-26-21-38(52)49-23-12-18-36(49)43(57)50-24-11-17-35(50)42(56)46-32(4-2)40(54)48-34(41(55)47-33)19-20-37(44)51/h3,5-8,10,14-15,27,32-36H,1,4,9,11-13,16-26,28-29H2,2H3,(H2,44,51)(H,45,53)(H,46,56)(H,47,55)(H,48,54)/b6-5-,8-7-/t32-,33-,34-,35-,36-/m0/s1. The van der Waals surface area contributed by atoms with E-state index in [0.717, 1.165) is 17.3 Å². The molecule has 7 amide bonds. The number of nitrogens with zero attached hydrogens (tertiary/aromatic N) is 2. The first-order chi connectivity index (χ1) is 28.5. The smallest absolute Gasteiger partial charge is 0.246 e. The number of carbonyl (C=O) groups is 7. The van der Waals surface area contributed by atoms with Crippen molar-refractivity contribution in [1.82, 2.24) is 31.1 Å². The van der Waals surface area contributed by atoms with Gasteiger partial charge in [0.05, 0.1) is 0 Å². The van der Waals surface area contributed by atoms with Crippen LogP contribution in [0.2, 0.25) is 0 Å². The fourth-order valence-electron chi connectivity index (χ4n) is 7.39. The summed E-state index contributed by atoms with van der Waals surface area (Å²) in [5, 5.41) is 11.2. The molecule has 0 unspecified atom stereocenters. The van der Waals surface area contributed by atoms with Crippen molar-refractivity contribution in [2.24, 2.45) is 5.73 Å². The van der Waals surface area contributed by atoms with Crippen LogP contribution >= 0.6 is 23.5 Å². The molecule has 3 heterocycles. The summed E-state index contributed by atoms with van der Waals surface area (Å²) in [4.78, 5) is 97.1. The van der Waals surface area contributed by atoms with Gasteiger partial charge in [-0.1, -0.05) is 68.1 Å². The molecular weight excluding hydrogens is 791 g/mol. The summed E-state index contributed by atoms with van der Waals surface area (Å²) in [5.41, 5.74) is 7.79. The monoisotopic (exact) mass is 851 g/mol. The first kappa shape index (κ1) is 47.1. The normalized spacial score (nSPS) is 25.3. The number of primary amides is 1. The maximum Gasteiger partial charge on any atom is 0.246 e. The first-order valence-corrected chi connectivity index (χ1v) is 23.1. The van der Waals surface area contributed by atoms with Crippen LogP contribution in [-0.4, -0.2) is 112 Å². The molecule has 2 saturated heterocycles. The second kappa shape index (κ2) is 25.1. The van der Waals surface area contributed by atoms with E-state index in [9.17, 15) is 33.6 Å². The van der Waals surface area contributed by atoms with Crippen LogP contribution in [0, 0.1) is 0 Å². The number of carbonyl (C=O) groups excluding carboxylic acids is 7. The number of nitrogens with two attached hydrogens (primary N) is 1. The molecule has 16 heteroatoms. The largest absolute Gasteiger partial charge is 0.370 e. The molecule has 0 radical (unpaired) electrons. The third kappa shape index (κ3) is 15.2. The minimum absolute atomic E-state index is 0.0728. The first-order valence-electron chi connectivity index (χ1n) is 20.8. The summed E-state index contributed by atoms with van der Waals surface area (Å²) in [6.07, 6.45) is 12.7. The molecule has 1 aromatic rings. The highest BCUT2D eigenvalue weighted by Crippen LogP contribution is 2.27. The maximum atomic E-state index is 14.0. The lowest BCUT2D eigenvalue weighted by atomic mass is 10.1. The molecular formula is C43H61N7O7S2. The fraction of sp³-hybridized carbons (Fsp3) is 0.558. The van der Waals surface area contributed by atoms with Crippen molar-refractivity contribution in [2.45, 2.75) is 119 Å². The minimum Gasteiger partial charge on any atom is -0.370 e. The Morgan fingerprint density at radius 2 is 1.44 bits per heavy atom. The van der Waals surface area contributed by atoms with Gasteiger partial charge in [-0.15, -0.1) is 0 Å². The van der Waals surface area contributed by atoms with Gasteiger partial charge in [-0.05, 0) is 74.7 Å². The molecule has 59 heavy (non-hydrogen) atoms. The number of allylic oxidation sites excluding steroid dienone is 5. The minimum atomic E-state index is -1.23. The van der Waals surface area contributed by atoms with Crippen LogP contribution in [0.3, 0.4) is 0 Å². The predicted molar refractivity (Wildman–Crippen MR) is 233 cm³/mol. The van der Waals surface area contributed by atoms with Crippen molar-refractivity contribution in [1.29, 1.82) is 0 Å². The molecule has 322 valence electrons. The van der Waals surface area contributed by atoms with Crippen LogP contribution in [0.4, 0.5) is 0 Å². The highest BCUT2D eigenvalue weighted by atomic mass is 32.2. The van der Waals surface area contributed by atoms with E-state index < -0.39 is 53.8 Å². The summed E-state index contributed by atoms with van der Waals surface area (Å²) in [6, 6.07) is 3.68. The van der Waals surface area contributed by atoms with E-state index >= 15 is 0 Å². The van der Waals surface area contributed by atoms with Gasteiger partial charge in [-0.2, -0.15) is 23.5 Å². The van der Waals surface area contributed by atoms with Crippen LogP contribution in [0.1, 0.15) is 88.7 Å². The van der Waals surface area contributed by atoms with Crippen molar-refractivity contribution in [3.63, 3.8) is 0 Å². The number of amides is 7. The van der Waals surface area contributed by atoms with E-state index in [1.165, 1.54) is 16.0 Å². The van der Waals surface area contributed by atoms with Crippen molar-refractivity contribution >= 4 is 64.9 Å². The summed E-state index contributed by atoms with van der Waals surface area (Å²) in [5.74, 6) is -0.223. The van der Waals surface area contributed by atoms with E-state index in [0.29, 0.717) is 70.3 Å². The second-order valence-electron chi connectivity index (χ2n) is 15.0. The van der Waals surface area contributed by atoms with E-state index in [-0.39, 0.29) is 43.4 Å². The topological polar surface area (TPSA) is 200 Å². The molecule has 2 fully saturated rings. The summed E-state index contributed by atoms with van der Waals surface area (Å²) >= 11 is 3.44. The van der Waals surface area contributed by atoms with Crippen LogP contribution in [0.5, 0.6) is 0 Å². The van der Waals surface area contributed by atoms with Gasteiger partial charge in [-0.25, -0.2) is 0 Å². The Morgan fingerprint density at radius 3 is 2.14 bits per heavy atom. The Labute approximate surface area is 356 Å². The summed E-state index contributed by atoms with van der Waals surface area (Å²) < 4.78 is 0. The zero-order valence-electron chi connectivity index (χ0n) is 34.2.